The van der Waals surface area contributed by atoms with Crippen molar-refractivity contribution >= 4 is 0 Å². The van der Waals surface area contributed by atoms with Crippen LogP contribution in [-0.4, -0.2) is 15.2 Å². The summed E-state index contributed by atoms with van der Waals surface area (Å²) in [5.74, 6) is 0. The number of halogens is 3. The minimum Gasteiger partial charge on any atom is -0.254 e. The summed E-state index contributed by atoms with van der Waals surface area (Å²) in [6.07, 6.45) is -1.68. The van der Waals surface area contributed by atoms with Crippen molar-refractivity contribution in [3.05, 3.63) is 41.7 Å². The van der Waals surface area contributed by atoms with Gasteiger partial charge < -0.3 is 0 Å². The van der Waals surface area contributed by atoms with Gasteiger partial charge in [0.25, 0.3) is 0 Å². The number of hydrogen-bond donors (Lipinski definition) is 0. The average Bonchev–Trinajstić information content (AvgIpc) is 2.29. The van der Waals surface area contributed by atoms with Crippen LogP contribution in [0.1, 0.15) is 11.1 Å². The fourth-order valence-electron chi connectivity index (χ4n) is 1.42. The molecule has 2 heterocycles. The van der Waals surface area contributed by atoms with E-state index >= 15 is 0 Å². The normalized spacial score (nSPS) is 11.5. The molecule has 0 atom stereocenters. The zero-order chi connectivity index (χ0) is 12.5. The quantitative estimate of drug-likeness (QED) is 0.768. The molecule has 2 aromatic rings. The summed E-state index contributed by atoms with van der Waals surface area (Å²) in [6.45, 7) is 1.56. The minimum absolute atomic E-state index is 0.111. The van der Waals surface area contributed by atoms with Crippen molar-refractivity contribution in [3.63, 3.8) is 0 Å². The lowest BCUT2D eigenvalue weighted by molar-refractivity contribution is -0.137. The van der Waals surface area contributed by atoms with Gasteiger partial charge in [0.2, 0.25) is 0 Å². The molecule has 3 nitrogen and oxygen atoms in total. The van der Waals surface area contributed by atoms with Crippen molar-refractivity contribution in [3.8, 4) is 11.4 Å². The molecule has 0 radical (unpaired) electrons. The Labute approximate surface area is 95.3 Å². The number of hydrogen-bond acceptors (Lipinski definition) is 3. The van der Waals surface area contributed by atoms with Crippen molar-refractivity contribution < 1.29 is 13.2 Å². The Bertz CT molecular complexity index is 523. The number of aryl methyl sites for hydroxylation is 1. The topological polar surface area (TPSA) is 38.7 Å². The molecule has 0 spiro atoms. The van der Waals surface area contributed by atoms with E-state index in [9.17, 15) is 13.2 Å². The van der Waals surface area contributed by atoms with Crippen LogP contribution in [-0.2, 0) is 6.18 Å². The van der Waals surface area contributed by atoms with Crippen LogP contribution in [0.15, 0.2) is 30.6 Å². The van der Waals surface area contributed by atoms with Crippen LogP contribution in [0.2, 0.25) is 0 Å². The Morgan fingerprint density at radius 1 is 1.24 bits per heavy atom. The molecule has 0 aromatic carbocycles. The second kappa shape index (κ2) is 4.12. The number of pyridine rings is 1. The molecule has 0 saturated carbocycles. The lowest BCUT2D eigenvalue weighted by Crippen LogP contribution is -2.09. The van der Waals surface area contributed by atoms with Gasteiger partial charge in [0, 0.05) is 12.4 Å². The van der Waals surface area contributed by atoms with Gasteiger partial charge in [-0.25, -0.2) is 0 Å². The van der Waals surface area contributed by atoms with Gasteiger partial charge in [-0.15, -0.1) is 5.10 Å². The van der Waals surface area contributed by atoms with Gasteiger partial charge in [0.15, 0.2) is 0 Å². The van der Waals surface area contributed by atoms with Crippen molar-refractivity contribution in [1.82, 2.24) is 15.2 Å². The number of aromatic nitrogens is 3. The Kier molecular flexibility index (Phi) is 2.79. The number of nitrogens with zero attached hydrogens (tertiary/aromatic N) is 3. The van der Waals surface area contributed by atoms with Crippen LogP contribution in [0.25, 0.3) is 11.4 Å². The molecule has 88 valence electrons. The zero-order valence-electron chi connectivity index (χ0n) is 8.86. The Morgan fingerprint density at radius 2 is 2.00 bits per heavy atom. The van der Waals surface area contributed by atoms with Crippen molar-refractivity contribution in [2.75, 3.05) is 0 Å². The third-order valence-corrected chi connectivity index (χ3v) is 2.14. The summed E-state index contributed by atoms with van der Waals surface area (Å²) >= 11 is 0. The Morgan fingerprint density at radius 3 is 2.59 bits per heavy atom. The molecule has 0 aliphatic rings. The van der Waals surface area contributed by atoms with Crippen LogP contribution < -0.4 is 0 Å². The standard InChI is InChI=1S/C11H8F3N3/c1-7-5-8(11(12,13)14)10(15-6-7)9-3-2-4-16-17-9/h2-6H,1H3. The first-order valence-corrected chi connectivity index (χ1v) is 4.80. The van der Waals surface area contributed by atoms with E-state index in [4.69, 9.17) is 0 Å². The van der Waals surface area contributed by atoms with Gasteiger partial charge in [0.1, 0.15) is 11.4 Å². The first kappa shape index (κ1) is 11.5. The molecule has 2 rings (SSSR count). The van der Waals surface area contributed by atoms with Crippen molar-refractivity contribution in [2.45, 2.75) is 13.1 Å². The first-order chi connectivity index (χ1) is 7.98. The summed E-state index contributed by atoms with van der Waals surface area (Å²) in [4.78, 5) is 3.79. The first-order valence-electron chi connectivity index (χ1n) is 4.80. The molecule has 2 aromatic heterocycles. The molecule has 0 aliphatic heterocycles. The van der Waals surface area contributed by atoms with E-state index < -0.39 is 11.7 Å². The molecule has 0 aliphatic carbocycles. The fraction of sp³-hybridized carbons (Fsp3) is 0.182. The van der Waals surface area contributed by atoms with Crippen molar-refractivity contribution in [1.29, 1.82) is 0 Å². The van der Waals surface area contributed by atoms with E-state index in [-0.39, 0.29) is 11.4 Å². The molecule has 0 bridgehead atoms. The molecule has 0 amide bonds. The summed E-state index contributed by atoms with van der Waals surface area (Å²) in [6, 6.07) is 4.01. The highest BCUT2D eigenvalue weighted by Gasteiger charge is 2.35. The third kappa shape index (κ3) is 2.41. The highest BCUT2D eigenvalue weighted by molar-refractivity contribution is 5.59. The average molecular weight is 239 g/mol. The maximum Gasteiger partial charge on any atom is 0.418 e. The largest absolute Gasteiger partial charge is 0.418 e. The van der Waals surface area contributed by atoms with E-state index in [0.717, 1.165) is 6.07 Å². The van der Waals surface area contributed by atoms with E-state index in [1.807, 2.05) is 0 Å². The maximum atomic E-state index is 12.8. The molecule has 6 heteroatoms. The molecule has 0 N–H and O–H groups in total. The lowest BCUT2D eigenvalue weighted by Gasteiger charge is -2.11. The van der Waals surface area contributed by atoms with Gasteiger partial charge in [-0.2, -0.15) is 18.3 Å². The van der Waals surface area contributed by atoms with Crippen LogP contribution in [0.4, 0.5) is 13.2 Å². The highest BCUT2D eigenvalue weighted by atomic mass is 19.4. The second-order valence-corrected chi connectivity index (χ2v) is 3.52. The molecular formula is C11H8F3N3. The molecular weight excluding hydrogens is 231 g/mol. The zero-order valence-corrected chi connectivity index (χ0v) is 8.86. The smallest absolute Gasteiger partial charge is 0.254 e. The van der Waals surface area contributed by atoms with Gasteiger partial charge in [-0.05, 0) is 30.7 Å². The van der Waals surface area contributed by atoms with E-state index in [2.05, 4.69) is 15.2 Å². The fourth-order valence-corrected chi connectivity index (χ4v) is 1.42. The maximum absolute atomic E-state index is 12.8. The molecule has 17 heavy (non-hydrogen) atoms. The second-order valence-electron chi connectivity index (χ2n) is 3.52. The van der Waals surface area contributed by atoms with Crippen molar-refractivity contribution in [2.24, 2.45) is 0 Å². The van der Waals surface area contributed by atoms with Crippen LogP contribution in [0, 0.1) is 6.92 Å². The Hall–Kier alpha value is -1.98. The van der Waals surface area contributed by atoms with E-state index in [1.54, 1.807) is 6.92 Å². The SMILES string of the molecule is Cc1cnc(-c2cccnn2)c(C(F)(F)F)c1. The van der Waals surface area contributed by atoms with Crippen LogP contribution in [0.3, 0.4) is 0 Å². The van der Waals surface area contributed by atoms with Gasteiger partial charge in [0.05, 0.1) is 5.56 Å². The minimum atomic E-state index is -4.45. The number of rotatable bonds is 1. The molecule has 0 unspecified atom stereocenters. The van der Waals surface area contributed by atoms with E-state index in [1.165, 1.54) is 24.5 Å². The summed E-state index contributed by atoms with van der Waals surface area (Å²) in [5.41, 5.74) is -0.431. The lowest BCUT2D eigenvalue weighted by atomic mass is 10.1. The monoisotopic (exact) mass is 239 g/mol. The summed E-state index contributed by atoms with van der Waals surface area (Å²) in [7, 11) is 0. The van der Waals surface area contributed by atoms with Crippen LogP contribution in [0.5, 0.6) is 0 Å². The predicted molar refractivity (Wildman–Crippen MR) is 55.0 cm³/mol. The molecule has 0 fully saturated rings. The third-order valence-electron chi connectivity index (χ3n) is 2.14. The van der Waals surface area contributed by atoms with E-state index in [0.29, 0.717) is 5.56 Å². The van der Waals surface area contributed by atoms with Gasteiger partial charge in [-0.1, -0.05) is 0 Å². The van der Waals surface area contributed by atoms with Gasteiger partial charge >= 0.3 is 6.18 Å². The van der Waals surface area contributed by atoms with Crippen LogP contribution >= 0.6 is 0 Å². The Balaban J connectivity index is 2.63. The summed E-state index contributed by atoms with van der Waals surface area (Å²) < 4.78 is 38.5. The highest BCUT2D eigenvalue weighted by Crippen LogP contribution is 2.35. The number of alkyl halides is 3. The van der Waals surface area contributed by atoms with Gasteiger partial charge in [-0.3, -0.25) is 4.98 Å². The molecule has 0 saturated heterocycles. The summed E-state index contributed by atoms with van der Waals surface area (Å²) in [5, 5.41) is 7.19. The predicted octanol–water partition coefficient (Wildman–Crippen LogP) is 2.87.